The molecule has 25 heavy (non-hydrogen) atoms. The SMILES string of the molecule is COc1ccc(C2=NN(C3CCCC3)C(=O)C3CC=CCC23)cc1O. The maximum atomic E-state index is 13.0. The molecule has 1 aromatic carbocycles. The monoisotopic (exact) mass is 340 g/mol. The van der Waals surface area contributed by atoms with Gasteiger partial charge in [-0.25, -0.2) is 5.01 Å². The molecule has 1 aliphatic heterocycles. The number of allylic oxidation sites excluding steroid dienone is 2. The summed E-state index contributed by atoms with van der Waals surface area (Å²) < 4.78 is 5.15. The van der Waals surface area contributed by atoms with Gasteiger partial charge in [0.1, 0.15) is 0 Å². The van der Waals surface area contributed by atoms with Crippen molar-refractivity contribution in [3.63, 3.8) is 0 Å². The summed E-state index contributed by atoms with van der Waals surface area (Å²) in [4.78, 5) is 13.0. The summed E-state index contributed by atoms with van der Waals surface area (Å²) >= 11 is 0. The molecule has 1 heterocycles. The van der Waals surface area contributed by atoms with Crippen LogP contribution in [0.4, 0.5) is 0 Å². The molecule has 4 rings (SSSR count). The molecule has 0 bridgehead atoms. The van der Waals surface area contributed by atoms with Crippen LogP contribution < -0.4 is 4.74 Å². The fraction of sp³-hybridized carbons (Fsp3) is 0.500. The molecule has 1 aromatic rings. The summed E-state index contributed by atoms with van der Waals surface area (Å²) in [5, 5.41) is 16.7. The van der Waals surface area contributed by atoms with Gasteiger partial charge in [-0.3, -0.25) is 4.79 Å². The van der Waals surface area contributed by atoms with Crippen molar-refractivity contribution in [3.8, 4) is 11.5 Å². The number of carbonyl (C=O) groups is 1. The zero-order valence-electron chi connectivity index (χ0n) is 14.5. The zero-order chi connectivity index (χ0) is 17.4. The molecule has 0 aromatic heterocycles. The van der Waals surface area contributed by atoms with E-state index in [9.17, 15) is 9.90 Å². The quantitative estimate of drug-likeness (QED) is 0.857. The maximum Gasteiger partial charge on any atom is 0.247 e. The Morgan fingerprint density at radius 1 is 1.16 bits per heavy atom. The highest BCUT2D eigenvalue weighted by atomic mass is 16.5. The Hall–Kier alpha value is -2.30. The van der Waals surface area contributed by atoms with Crippen molar-refractivity contribution in [2.24, 2.45) is 16.9 Å². The van der Waals surface area contributed by atoms with Gasteiger partial charge in [-0.1, -0.05) is 25.0 Å². The normalized spacial score (nSPS) is 26.5. The number of hydrogen-bond acceptors (Lipinski definition) is 4. The third kappa shape index (κ3) is 2.81. The summed E-state index contributed by atoms with van der Waals surface area (Å²) in [5.41, 5.74) is 1.79. The molecule has 5 nitrogen and oxygen atoms in total. The van der Waals surface area contributed by atoms with E-state index in [0.717, 1.165) is 49.8 Å². The Bertz CT molecular complexity index is 734. The first kappa shape index (κ1) is 16.2. The van der Waals surface area contributed by atoms with E-state index < -0.39 is 0 Å². The van der Waals surface area contributed by atoms with Crippen LogP contribution in [0.5, 0.6) is 11.5 Å². The number of rotatable bonds is 3. The molecule has 0 saturated heterocycles. The van der Waals surface area contributed by atoms with Gasteiger partial charge < -0.3 is 9.84 Å². The summed E-state index contributed by atoms with van der Waals surface area (Å²) in [5.74, 6) is 0.770. The number of benzene rings is 1. The van der Waals surface area contributed by atoms with Gasteiger partial charge in [0, 0.05) is 11.5 Å². The number of phenols is 1. The van der Waals surface area contributed by atoms with Gasteiger partial charge in [-0.15, -0.1) is 0 Å². The van der Waals surface area contributed by atoms with Gasteiger partial charge in [0.25, 0.3) is 0 Å². The van der Waals surface area contributed by atoms with Gasteiger partial charge in [0.15, 0.2) is 11.5 Å². The third-order valence-electron chi connectivity index (χ3n) is 5.69. The number of phenolic OH excluding ortho intramolecular Hbond substituents is 1. The van der Waals surface area contributed by atoms with E-state index in [4.69, 9.17) is 9.84 Å². The van der Waals surface area contributed by atoms with E-state index in [1.807, 2.05) is 6.07 Å². The molecule has 0 spiro atoms. The van der Waals surface area contributed by atoms with E-state index in [1.165, 1.54) is 7.11 Å². The highest BCUT2D eigenvalue weighted by Gasteiger charge is 2.42. The molecular weight excluding hydrogens is 316 g/mol. The first-order valence-electron chi connectivity index (χ1n) is 9.13. The minimum atomic E-state index is -0.0395. The fourth-order valence-corrected chi connectivity index (χ4v) is 4.33. The van der Waals surface area contributed by atoms with Crippen molar-refractivity contribution in [2.45, 2.75) is 44.6 Å². The van der Waals surface area contributed by atoms with Crippen molar-refractivity contribution in [3.05, 3.63) is 35.9 Å². The summed E-state index contributed by atoms with van der Waals surface area (Å²) in [7, 11) is 1.54. The molecule has 2 unspecified atom stereocenters. The average molecular weight is 340 g/mol. The molecular formula is C20H24N2O3. The predicted octanol–water partition coefficient (Wildman–Crippen LogP) is 3.47. The largest absolute Gasteiger partial charge is 0.504 e. The standard InChI is InChI=1S/C20H24N2O3/c1-25-18-11-10-13(12-17(18)23)19-15-8-4-5-9-16(15)20(24)22(21-19)14-6-2-3-7-14/h4-5,10-12,14-16,23H,2-3,6-9H2,1H3. The van der Waals surface area contributed by atoms with Crippen molar-refractivity contribution in [1.29, 1.82) is 0 Å². The van der Waals surface area contributed by atoms with Crippen LogP contribution in [0.25, 0.3) is 0 Å². The third-order valence-corrected chi connectivity index (χ3v) is 5.69. The Morgan fingerprint density at radius 3 is 2.56 bits per heavy atom. The van der Waals surface area contributed by atoms with Crippen LogP contribution in [-0.2, 0) is 4.79 Å². The number of amides is 1. The van der Waals surface area contributed by atoms with E-state index >= 15 is 0 Å². The topological polar surface area (TPSA) is 62.1 Å². The van der Waals surface area contributed by atoms with Gasteiger partial charge in [0.2, 0.25) is 5.91 Å². The van der Waals surface area contributed by atoms with Gasteiger partial charge in [-0.2, -0.15) is 5.10 Å². The summed E-state index contributed by atoms with van der Waals surface area (Å²) in [6.45, 7) is 0. The first-order chi connectivity index (χ1) is 12.2. The van der Waals surface area contributed by atoms with Gasteiger partial charge >= 0.3 is 0 Å². The van der Waals surface area contributed by atoms with E-state index in [0.29, 0.717) is 5.75 Å². The molecule has 5 heteroatoms. The van der Waals surface area contributed by atoms with Crippen LogP contribution in [-0.4, -0.2) is 34.9 Å². The van der Waals surface area contributed by atoms with E-state index in [2.05, 4.69) is 12.2 Å². The minimum absolute atomic E-state index is 0.0395. The van der Waals surface area contributed by atoms with Crippen molar-refractivity contribution < 1.29 is 14.6 Å². The summed E-state index contributed by atoms with van der Waals surface area (Å²) in [6.07, 6.45) is 10.2. The van der Waals surface area contributed by atoms with Gasteiger partial charge in [0.05, 0.1) is 24.8 Å². The second-order valence-corrected chi connectivity index (χ2v) is 7.15. The number of methoxy groups -OCH3 is 1. The molecule has 1 N–H and O–H groups in total. The van der Waals surface area contributed by atoms with Crippen LogP contribution in [0.3, 0.4) is 0 Å². The van der Waals surface area contributed by atoms with E-state index in [1.54, 1.807) is 17.1 Å². The van der Waals surface area contributed by atoms with Crippen LogP contribution in [0.15, 0.2) is 35.5 Å². The Kier molecular flexibility index (Phi) is 4.24. The molecule has 1 fully saturated rings. The second kappa shape index (κ2) is 6.54. The van der Waals surface area contributed by atoms with Crippen molar-refractivity contribution in [2.75, 3.05) is 7.11 Å². The highest BCUT2D eigenvalue weighted by Crippen LogP contribution is 2.38. The summed E-state index contributed by atoms with van der Waals surface area (Å²) in [6, 6.07) is 5.61. The van der Waals surface area contributed by atoms with Crippen LogP contribution in [0.2, 0.25) is 0 Å². The second-order valence-electron chi connectivity index (χ2n) is 7.15. The lowest BCUT2D eigenvalue weighted by Gasteiger charge is -2.39. The minimum Gasteiger partial charge on any atom is -0.504 e. The molecule has 2 aliphatic carbocycles. The van der Waals surface area contributed by atoms with E-state index in [-0.39, 0.29) is 29.5 Å². The Morgan fingerprint density at radius 2 is 1.88 bits per heavy atom. The van der Waals surface area contributed by atoms with Crippen molar-refractivity contribution >= 4 is 11.6 Å². The number of hydrazone groups is 1. The molecule has 2 atom stereocenters. The molecule has 1 saturated carbocycles. The fourth-order valence-electron chi connectivity index (χ4n) is 4.33. The number of carbonyl (C=O) groups excluding carboxylic acids is 1. The number of hydrogen-bond donors (Lipinski definition) is 1. The molecule has 132 valence electrons. The number of fused-ring (bicyclic) bond motifs is 1. The average Bonchev–Trinajstić information content (AvgIpc) is 3.17. The number of ether oxygens (including phenoxy) is 1. The van der Waals surface area contributed by atoms with Crippen LogP contribution in [0.1, 0.15) is 44.1 Å². The Balaban J connectivity index is 1.76. The highest BCUT2D eigenvalue weighted by molar-refractivity contribution is 6.07. The lowest BCUT2D eigenvalue weighted by molar-refractivity contribution is -0.140. The Labute approximate surface area is 148 Å². The molecule has 0 radical (unpaired) electrons. The zero-order valence-corrected chi connectivity index (χ0v) is 14.5. The molecule has 1 amide bonds. The van der Waals surface area contributed by atoms with Crippen molar-refractivity contribution in [1.82, 2.24) is 5.01 Å². The first-order valence-corrected chi connectivity index (χ1v) is 9.13. The van der Waals surface area contributed by atoms with Gasteiger partial charge in [-0.05, 0) is 43.9 Å². The smallest absolute Gasteiger partial charge is 0.247 e. The lowest BCUT2D eigenvalue weighted by Crippen LogP contribution is -2.48. The number of nitrogens with zero attached hydrogens (tertiary/aromatic N) is 2. The van der Waals surface area contributed by atoms with Crippen LogP contribution in [0, 0.1) is 11.8 Å². The molecule has 3 aliphatic rings. The van der Waals surface area contributed by atoms with Crippen LogP contribution >= 0.6 is 0 Å². The number of aromatic hydroxyl groups is 1. The maximum absolute atomic E-state index is 13.0. The predicted molar refractivity (Wildman–Crippen MR) is 95.7 cm³/mol. The lowest BCUT2D eigenvalue weighted by atomic mass is 9.76.